The van der Waals surface area contributed by atoms with Crippen LogP contribution in [0.2, 0.25) is 0 Å². The van der Waals surface area contributed by atoms with Gasteiger partial charge in [0.25, 0.3) is 15.9 Å². The molecule has 3 aromatic carbocycles. The highest BCUT2D eigenvalue weighted by atomic mass is 32.2. The normalized spacial score (nSPS) is 11.1. The number of halogens is 2. The van der Waals surface area contributed by atoms with E-state index in [1.807, 2.05) is 30.3 Å². The molecule has 0 saturated carbocycles. The molecule has 0 spiro atoms. The lowest BCUT2D eigenvalue weighted by Gasteiger charge is -2.10. The van der Waals surface area contributed by atoms with Crippen molar-refractivity contribution in [2.75, 3.05) is 4.72 Å². The summed E-state index contributed by atoms with van der Waals surface area (Å²) in [5.41, 5.74) is 3.58. The maximum absolute atomic E-state index is 13.3. The Morgan fingerprint density at radius 3 is 2.24 bits per heavy atom. The van der Waals surface area contributed by atoms with Crippen LogP contribution >= 0.6 is 0 Å². The summed E-state index contributed by atoms with van der Waals surface area (Å²) in [5.74, 6) is -2.92. The number of rotatable bonds is 7. The lowest BCUT2D eigenvalue weighted by atomic mass is 10.2. The number of hydrogen-bond acceptors (Lipinski definition) is 4. The highest BCUT2D eigenvalue weighted by Gasteiger charge is 2.17. The van der Waals surface area contributed by atoms with Crippen molar-refractivity contribution in [3.05, 3.63) is 95.6 Å². The van der Waals surface area contributed by atoms with Gasteiger partial charge in [0.05, 0.1) is 11.5 Å². The van der Waals surface area contributed by atoms with E-state index in [0.29, 0.717) is 6.07 Å². The van der Waals surface area contributed by atoms with Gasteiger partial charge in [-0.3, -0.25) is 14.4 Å². The molecule has 2 N–H and O–H groups in total. The molecular weight excluding hydrogens is 402 g/mol. The van der Waals surface area contributed by atoms with E-state index in [1.54, 1.807) is 0 Å². The van der Waals surface area contributed by atoms with Crippen LogP contribution < -0.4 is 10.2 Å². The van der Waals surface area contributed by atoms with Crippen molar-refractivity contribution in [2.45, 2.75) is 11.5 Å². The Bertz CT molecular complexity index is 1110. The molecule has 0 radical (unpaired) electrons. The van der Waals surface area contributed by atoms with Gasteiger partial charge < -0.3 is 0 Å². The third-order valence-corrected chi connectivity index (χ3v) is 5.23. The summed E-state index contributed by atoms with van der Waals surface area (Å²) in [6, 6.07) is 17.0. The zero-order chi connectivity index (χ0) is 20.9. The molecule has 0 aliphatic heterocycles. The molecular formula is C20H16F2N2O4S. The molecule has 0 aliphatic rings. The molecule has 0 aliphatic carbocycles. The van der Waals surface area contributed by atoms with E-state index in [-0.39, 0.29) is 17.9 Å². The first-order chi connectivity index (χ1) is 13.8. The lowest BCUT2D eigenvalue weighted by molar-refractivity contribution is 0.0233. The monoisotopic (exact) mass is 418 g/mol. The van der Waals surface area contributed by atoms with Crippen LogP contribution in [0.1, 0.15) is 15.9 Å². The number of amides is 1. The molecule has 150 valence electrons. The summed E-state index contributed by atoms with van der Waals surface area (Å²) in [6.45, 7) is 0.193. The molecule has 0 bridgehead atoms. The van der Waals surface area contributed by atoms with Crippen LogP contribution in [-0.2, 0) is 21.5 Å². The Morgan fingerprint density at radius 1 is 0.897 bits per heavy atom. The Balaban J connectivity index is 1.60. The average Bonchev–Trinajstić information content (AvgIpc) is 2.71. The number of hydroxylamine groups is 1. The fourth-order valence-corrected chi connectivity index (χ4v) is 3.44. The molecule has 0 unspecified atom stereocenters. The molecule has 9 heteroatoms. The summed E-state index contributed by atoms with van der Waals surface area (Å²) in [7, 11) is -4.11. The predicted molar refractivity (Wildman–Crippen MR) is 102 cm³/mol. The Kier molecular flexibility index (Phi) is 6.20. The number of anilines is 1. The van der Waals surface area contributed by atoms with Crippen LogP contribution in [0, 0.1) is 11.6 Å². The quantitative estimate of drug-likeness (QED) is 0.574. The van der Waals surface area contributed by atoms with Gasteiger partial charge in [0.15, 0.2) is 11.6 Å². The molecule has 29 heavy (non-hydrogen) atoms. The summed E-state index contributed by atoms with van der Waals surface area (Å²) < 4.78 is 53.0. The van der Waals surface area contributed by atoms with E-state index >= 15 is 0 Å². The highest BCUT2D eigenvalue weighted by molar-refractivity contribution is 7.92. The molecule has 0 heterocycles. The minimum atomic E-state index is -4.11. The number of sulfonamides is 1. The van der Waals surface area contributed by atoms with Crippen LogP contribution in [0.25, 0.3) is 0 Å². The molecule has 3 rings (SSSR count). The van der Waals surface area contributed by atoms with Gasteiger partial charge in [-0.1, -0.05) is 30.3 Å². The van der Waals surface area contributed by atoms with E-state index in [4.69, 9.17) is 4.84 Å². The molecule has 0 atom stereocenters. The van der Waals surface area contributed by atoms with Gasteiger partial charge in [-0.05, 0) is 48.0 Å². The summed E-state index contributed by atoms with van der Waals surface area (Å²) in [6.07, 6.45) is 0. The fourth-order valence-electron chi connectivity index (χ4n) is 2.37. The molecule has 0 fully saturated rings. The van der Waals surface area contributed by atoms with E-state index in [2.05, 4.69) is 10.2 Å². The van der Waals surface area contributed by atoms with Crippen LogP contribution in [0.5, 0.6) is 0 Å². The molecule has 0 saturated heterocycles. The second kappa shape index (κ2) is 8.80. The zero-order valence-corrected chi connectivity index (χ0v) is 15.7. The number of hydrogen-bond donors (Lipinski definition) is 2. The fraction of sp³-hybridized carbons (Fsp3) is 0.0500. The van der Waals surface area contributed by atoms with Gasteiger partial charge >= 0.3 is 0 Å². The predicted octanol–water partition coefficient (Wildman–Crippen LogP) is 3.63. The van der Waals surface area contributed by atoms with Crippen LogP contribution in [0.3, 0.4) is 0 Å². The van der Waals surface area contributed by atoms with Crippen molar-refractivity contribution in [1.82, 2.24) is 5.48 Å². The maximum Gasteiger partial charge on any atom is 0.274 e. The van der Waals surface area contributed by atoms with Gasteiger partial charge in [-0.25, -0.2) is 22.7 Å². The smallest absolute Gasteiger partial charge is 0.274 e. The summed E-state index contributed by atoms with van der Waals surface area (Å²) >= 11 is 0. The van der Waals surface area contributed by atoms with Crippen molar-refractivity contribution in [2.24, 2.45) is 0 Å². The number of benzene rings is 3. The first kappa shape index (κ1) is 20.4. The Labute approximate surface area is 166 Å². The van der Waals surface area contributed by atoms with Crippen molar-refractivity contribution < 1.29 is 26.8 Å². The van der Waals surface area contributed by atoms with Crippen LogP contribution in [-0.4, -0.2) is 14.3 Å². The zero-order valence-electron chi connectivity index (χ0n) is 14.9. The van der Waals surface area contributed by atoms with Gasteiger partial charge in [0, 0.05) is 11.3 Å². The average molecular weight is 418 g/mol. The topological polar surface area (TPSA) is 84.5 Å². The van der Waals surface area contributed by atoms with Gasteiger partial charge in [-0.15, -0.1) is 0 Å². The van der Waals surface area contributed by atoms with Gasteiger partial charge in [0.2, 0.25) is 0 Å². The third kappa shape index (κ3) is 5.37. The van der Waals surface area contributed by atoms with Crippen molar-refractivity contribution in [3.63, 3.8) is 0 Å². The minimum absolute atomic E-state index is 0.150. The Hall–Kier alpha value is -3.30. The number of nitrogens with one attached hydrogen (secondary N) is 2. The highest BCUT2D eigenvalue weighted by Crippen LogP contribution is 2.18. The second-order valence-electron chi connectivity index (χ2n) is 5.96. The van der Waals surface area contributed by atoms with E-state index in [9.17, 15) is 22.0 Å². The minimum Gasteiger partial charge on any atom is -0.280 e. The third-order valence-electron chi connectivity index (χ3n) is 3.85. The van der Waals surface area contributed by atoms with Gasteiger partial charge in [0.1, 0.15) is 0 Å². The molecule has 1 amide bonds. The summed E-state index contributed by atoms with van der Waals surface area (Å²) in [5, 5.41) is 0. The van der Waals surface area contributed by atoms with E-state index in [0.717, 1.165) is 17.7 Å². The molecule has 3 aromatic rings. The lowest BCUT2D eigenvalue weighted by Crippen LogP contribution is -2.23. The molecule has 6 nitrogen and oxygen atoms in total. The number of carbonyl (C=O) groups is 1. The number of carbonyl (C=O) groups excluding carboxylic acids is 1. The van der Waals surface area contributed by atoms with Crippen molar-refractivity contribution in [3.8, 4) is 0 Å². The van der Waals surface area contributed by atoms with E-state index < -0.39 is 32.5 Å². The SMILES string of the molecule is O=C(NOCc1ccccc1)c1ccc(NS(=O)(=O)c2ccc(F)c(F)c2)cc1. The van der Waals surface area contributed by atoms with Crippen LogP contribution in [0.4, 0.5) is 14.5 Å². The molecule has 0 aromatic heterocycles. The van der Waals surface area contributed by atoms with Crippen LogP contribution in [0.15, 0.2) is 77.7 Å². The van der Waals surface area contributed by atoms with Gasteiger partial charge in [-0.2, -0.15) is 0 Å². The van der Waals surface area contributed by atoms with Crippen molar-refractivity contribution >= 4 is 21.6 Å². The van der Waals surface area contributed by atoms with E-state index in [1.165, 1.54) is 24.3 Å². The maximum atomic E-state index is 13.3. The first-order valence-corrected chi connectivity index (χ1v) is 9.87. The summed E-state index contributed by atoms with van der Waals surface area (Å²) in [4.78, 5) is 16.8. The van der Waals surface area contributed by atoms with Crippen molar-refractivity contribution in [1.29, 1.82) is 0 Å². The Morgan fingerprint density at radius 2 is 1.59 bits per heavy atom. The standard InChI is InChI=1S/C20H16F2N2O4S/c21-18-11-10-17(12-19(18)22)29(26,27)24-16-8-6-15(7-9-16)20(25)23-28-13-14-4-2-1-3-5-14/h1-12,24H,13H2,(H,23,25). The second-order valence-corrected chi connectivity index (χ2v) is 7.65. The largest absolute Gasteiger partial charge is 0.280 e. The first-order valence-electron chi connectivity index (χ1n) is 8.39.